The zero-order chi connectivity index (χ0) is 24.4. The van der Waals surface area contributed by atoms with Crippen molar-refractivity contribution < 1.29 is 18.0 Å². The van der Waals surface area contributed by atoms with Crippen molar-refractivity contribution >= 4 is 21.8 Å². The molecule has 0 aliphatic rings. The van der Waals surface area contributed by atoms with Crippen LogP contribution in [0.5, 0.6) is 0 Å². The third-order valence-corrected chi connectivity index (χ3v) is 7.34. The van der Waals surface area contributed by atoms with Crippen molar-refractivity contribution in [3.63, 3.8) is 0 Å². The molecule has 2 amide bonds. The fraction of sp³-hybridized carbons (Fsp3) is 0.440. The van der Waals surface area contributed by atoms with Crippen molar-refractivity contribution in [1.29, 1.82) is 0 Å². The Balaban J connectivity index is 2.06. The van der Waals surface area contributed by atoms with Gasteiger partial charge in [-0.1, -0.05) is 55.0 Å². The summed E-state index contributed by atoms with van der Waals surface area (Å²) in [5.41, 5.74) is 2.03. The van der Waals surface area contributed by atoms with Gasteiger partial charge in [0.25, 0.3) is 0 Å². The van der Waals surface area contributed by atoms with Gasteiger partial charge in [-0.05, 0) is 44.4 Å². The summed E-state index contributed by atoms with van der Waals surface area (Å²) in [4.78, 5) is 27.5. The zero-order valence-electron chi connectivity index (χ0n) is 20.0. The number of nitrogens with one attached hydrogen (secondary N) is 1. The first-order valence-electron chi connectivity index (χ1n) is 11.3. The Bertz CT molecular complexity index is 1020. The maximum atomic E-state index is 13.1. The van der Waals surface area contributed by atoms with Crippen LogP contribution in [0.3, 0.4) is 0 Å². The van der Waals surface area contributed by atoms with Gasteiger partial charge in [0.1, 0.15) is 6.04 Å². The van der Waals surface area contributed by atoms with E-state index in [1.807, 2.05) is 38.1 Å². The Morgan fingerprint density at radius 2 is 1.76 bits per heavy atom. The topological polar surface area (TPSA) is 86.8 Å². The number of hydrogen-bond acceptors (Lipinski definition) is 4. The Morgan fingerprint density at radius 3 is 2.39 bits per heavy atom. The molecule has 7 nitrogen and oxygen atoms in total. The molecule has 2 aromatic carbocycles. The van der Waals surface area contributed by atoms with E-state index in [0.717, 1.165) is 17.5 Å². The second-order valence-electron chi connectivity index (χ2n) is 8.22. The molecule has 0 aliphatic carbocycles. The van der Waals surface area contributed by atoms with Gasteiger partial charge in [-0.2, -0.15) is 0 Å². The lowest BCUT2D eigenvalue weighted by molar-refractivity contribution is -0.140. The minimum Gasteiger partial charge on any atom is -0.354 e. The molecule has 180 valence electrons. The molecule has 0 aliphatic heterocycles. The summed E-state index contributed by atoms with van der Waals surface area (Å²) in [5, 5.41) is 2.86. The van der Waals surface area contributed by atoms with Crippen molar-refractivity contribution in [2.24, 2.45) is 0 Å². The number of rotatable bonds is 12. The summed E-state index contributed by atoms with van der Waals surface area (Å²) in [6, 6.07) is 15.4. The van der Waals surface area contributed by atoms with Gasteiger partial charge >= 0.3 is 0 Å². The highest BCUT2D eigenvalue weighted by atomic mass is 32.2. The monoisotopic (exact) mass is 473 g/mol. The third-order valence-electron chi connectivity index (χ3n) is 5.47. The Labute approximate surface area is 197 Å². The normalized spacial score (nSPS) is 12.4. The number of aryl methyl sites for hydroxylation is 1. The van der Waals surface area contributed by atoms with E-state index in [2.05, 4.69) is 5.32 Å². The Kier molecular flexibility index (Phi) is 10.1. The van der Waals surface area contributed by atoms with Gasteiger partial charge in [0, 0.05) is 33.1 Å². The van der Waals surface area contributed by atoms with Crippen LogP contribution in [-0.4, -0.2) is 55.6 Å². The first-order chi connectivity index (χ1) is 15.7. The molecule has 0 radical (unpaired) electrons. The lowest BCUT2D eigenvalue weighted by Gasteiger charge is -2.29. The van der Waals surface area contributed by atoms with Crippen LogP contribution in [0.25, 0.3) is 0 Å². The van der Waals surface area contributed by atoms with Crippen LogP contribution in [0, 0.1) is 6.92 Å². The highest BCUT2D eigenvalue weighted by Crippen LogP contribution is 2.16. The third kappa shape index (κ3) is 7.68. The SMILES string of the molecule is CCCNC(=O)[C@@H](C)N(Cc1cccc(C)c1)C(=O)CCCN(C)S(=O)(=O)c1ccccc1. The summed E-state index contributed by atoms with van der Waals surface area (Å²) < 4.78 is 26.6. The maximum absolute atomic E-state index is 13.1. The number of carbonyl (C=O) groups is 2. The van der Waals surface area contributed by atoms with Gasteiger partial charge in [0.15, 0.2) is 0 Å². The van der Waals surface area contributed by atoms with Crippen LogP contribution in [0.2, 0.25) is 0 Å². The van der Waals surface area contributed by atoms with Gasteiger partial charge < -0.3 is 10.2 Å². The first-order valence-corrected chi connectivity index (χ1v) is 12.7. The minimum absolute atomic E-state index is 0.145. The summed E-state index contributed by atoms with van der Waals surface area (Å²) >= 11 is 0. The van der Waals surface area contributed by atoms with E-state index in [1.54, 1.807) is 42.2 Å². The van der Waals surface area contributed by atoms with Crippen LogP contribution in [-0.2, 0) is 26.2 Å². The standard InChI is InChI=1S/C25H35N3O4S/c1-5-16-26-25(30)21(3)28(19-22-12-9-11-20(2)18-22)24(29)15-10-17-27(4)33(31,32)23-13-7-6-8-14-23/h6-9,11-14,18,21H,5,10,15-17,19H2,1-4H3,(H,26,30)/t21-/m1/s1. The zero-order valence-corrected chi connectivity index (χ0v) is 20.8. The fourth-order valence-electron chi connectivity index (χ4n) is 3.47. The molecule has 0 unspecified atom stereocenters. The van der Waals surface area contributed by atoms with Gasteiger partial charge in [0.05, 0.1) is 4.90 Å². The summed E-state index contributed by atoms with van der Waals surface area (Å²) in [6.45, 7) is 6.76. The molecular weight excluding hydrogens is 438 g/mol. The van der Waals surface area contributed by atoms with E-state index in [9.17, 15) is 18.0 Å². The number of amides is 2. The number of carbonyl (C=O) groups excluding carboxylic acids is 2. The number of benzene rings is 2. The fourth-order valence-corrected chi connectivity index (χ4v) is 4.71. The van der Waals surface area contributed by atoms with Crippen molar-refractivity contribution in [3.05, 3.63) is 65.7 Å². The van der Waals surface area contributed by atoms with Crippen LogP contribution >= 0.6 is 0 Å². The van der Waals surface area contributed by atoms with E-state index in [1.165, 1.54) is 11.4 Å². The maximum Gasteiger partial charge on any atom is 0.242 e. The molecule has 0 spiro atoms. The van der Waals surface area contributed by atoms with Gasteiger partial charge in [0.2, 0.25) is 21.8 Å². The predicted molar refractivity (Wildman–Crippen MR) is 130 cm³/mol. The van der Waals surface area contributed by atoms with Crippen molar-refractivity contribution in [1.82, 2.24) is 14.5 Å². The van der Waals surface area contributed by atoms with Crippen molar-refractivity contribution in [3.8, 4) is 0 Å². The van der Waals surface area contributed by atoms with E-state index in [4.69, 9.17) is 0 Å². The van der Waals surface area contributed by atoms with Crippen molar-refractivity contribution in [2.75, 3.05) is 20.1 Å². The summed E-state index contributed by atoms with van der Waals surface area (Å²) in [7, 11) is -2.09. The number of nitrogens with zero attached hydrogens (tertiary/aromatic N) is 2. The molecule has 2 rings (SSSR count). The Morgan fingerprint density at radius 1 is 1.06 bits per heavy atom. The molecule has 0 fully saturated rings. The van der Waals surface area contributed by atoms with E-state index in [0.29, 0.717) is 19.5 Å². The number of hydrogen-bond donors (Lipinski definition) is 1. The highest BCUT2D eigenvalue weighted by molar-refractivity contribution is 7.89. The predicted octanol–water partition coefficient (Wildman–Crippen LogP) is 3.34. The van der Waals surface area contributed by atoms with Gasteiger partial charge in [-0.15, -0.1) is 0 Å². The second-order valence-corrected chi connectivity index (χ2v) is 10.3. The lowest BCUT2D eigenvalue weighted by atomic mass is 10.1. The molecule has 1 atom stereocenters. The molecule has 8 heteroatoms. The first kappa shape index (κ1) is 26.5. The lowest BCUT2D eigenvalue weighted by Crippen LogP contribution is -2.47. The molecule has 0 saturated carbocycles. The van der Waals surface area contributed by atoms with Crippen LogP contribution in [0.4, 0.5) is 0 Å². The van der Waals surface area contributed by atoms with E-state index >= 15 is 0 Å². The van der Waals surface area contributed by atoms with Gasteiger partial charge in [-0.3, -0.25) is 9.59 Å². The van der Waals surface area contributed by atoms with E-state index in [-0.39, 0.29) is 29.7 Å². The number of sulfonamides is 1. The summed E-state index contributed by atoms with van der Waals surface area (Å²) in [6.07, 6.45) is 1.31. The second kappa shape index (κ2) is 12.5. The Hall–Kier alpha value is -2.71. The molecule has 2 aromatic rings. The molecule has 0 saturated heterocycles. The average Bonchev–Trinajstić information content (AvgIpc) is 2.80. The average molecular weight is 474 g/mol. The van der Waals surface area contributed by atoms with Crippen LogP contribution in [0.15, 0.2) is 59.5 Å². The van der Waals surface area contributed by atoms with Gasteiger partial charge in [-0.25, -0.2) is 12.7 Å². The highest BCUT2D eigenvalue weighted by Gasteiger charge is 2.26. The largest absolute Gasteiger partial charge is 0.354 e. The summed E-state index contributed by atoms with van der Waals surface area (Å²) in [5.74, 6) is -0.372. The van der Waals surface area contributed by atoms with Crippen LogP contribution in [0.1, 0.15) is 44.2 Å². The molecular formula is C25H35N3O4S. The molecule has 0 heterocycles. The van der Waals surface area contributed by atoms with E-state index < -0.39 is 16.1 Å². The molecule has 0 aromatic heterocycles. The van der Waals surface area contributed by atoms with Crippen LogP contribution < -0.4 is 5.32 Å². The smallest absolute Gasteiger partial charge is 0.242 e. The molecule has 0 bridgehead atoms. The quantitative estimate of drug-likeness (QED) is 0.512. The minimum atomic E-state index is -3.61. The molecule has 33 heavy (non-hydrogen) atoms. The molecule has 1 N–H and O–H groups in total. The van der Waals surface area contributed by atoms with Crippen molar-refractivity contribution in [2.45, 2.75) is 57.5 Å².